The van der Waals surface area contributed by atoms with Crippen LogP contribution in [0, 0.1) is 0 Å². The van der Waals surface area contributed by atoms with Gasteiger partial charge in [-0.15, -0.1) is 0 Å². The summed E-state index contributed by atoms with van der Waals surface area (Å²) in [6, 6.07) is -2.53. The number of hydrogen-bond donors (Lipinski definition) is 14. The third-order valence-corrected chi connectivity index (χ3v) is 15.2. The number of nitrogens with one attached hydrogen (secondary N) is 2. The molecule has 0 spiro atoms. The molecule has 3 rings (SSSR count). The van der Waals surface area contributed by atoms with Crippen molar-refractivity contribution in [1.82, 2.24) is 10.6 Å². The fourth-order valence-electron chi connectivity index (χ4n) is 10.4. The summed E-state index contributed by atoms with van der Waals surface area (Å²) in [5.41, 5.74) is 0. The molecule has 3 saturated heterocycles. The molecule has 18 unspecified atom stereocenters. The van der Waals surface area contributed by atoms with Crippen LogP contribution in [0.4, 0.5) is 0 Å². The van der Waals surface area contributed by atoms with Gasteiger partial charge in [0.1, 0.15) is 67.1 Å². The van der Waals surface area contributed by atoms with Gasteiger partial charge in [0.2, 0.25) is 11.8 Å². The van der Waals surface area contributed by atoms with Gasteiger partial charge in [0.05, 0.1) is 50.7 Å². The minimum atomic E-state index is -3.08. The summed E-state index contributed by atoms with van der Waals surface area (Å²) < 4.78 is 34.7. The predicted molar refractivity (Wildman–Crippen MR) is 288 cm³/mol. The number of aliphatic carboxylic acids is 1. The molecule has 0 saturated carbocycles. The molecule has 3 heterocycles. The number of amides is 2. The van der Waals surface area contributed by atoms with Crippen LogP contribution in [0.3, 0.4) is 0 Å². The number of ether oxygens (including phenoxy) is 6. The van der Waals surface area contributed by atoms with Crippen molar-refractivity contribution in [2.75, 3.05) is 26.4 Å². The van der Waals surface area contributed by atoms with Crippen molar-refractivity contribution in [3.05, 3.63) is 12.2 Å². The lowest BCUT2D eigenvalue weighted by atomic mass is 9.88. The fraction of sp³-hybridized carbons (Fsp3) is 0.911. The van der Waals surface area contributed by atoms with E-state index in [0.29, 0.717) is 19.3 Å². The van der Waals surface area contributed by atoms with Crippen molar-refractivity contribution in [2.24, 2.45) is 0 Å². The normalized spacial score (nSPS) is 30.9. The Morgan fingerprint density at radius 1 is 0.646 bits per heavy atom. The number of carbonyl (C=O) groups excluding carboxylic acids is 2. The molecule has 0 radical (unpaired) electrons. The number of carboxylic acids is 1. The van der Waals surface area contributed by atoms with Crippen molar-refractivity contribution in [3.8, 4) is 0 Å². The molecule has 3 aliphatic rings. The maximum Gasteiger partial charge on any atom is 0.364 e. The largest absolute Gasteiger partial charge is 0.477 e. The highest BCUT2D eigenvalue weighted by Crippen LogP contribution is 2.38. The first-order valence-electron chi connectivity index (χ1n) is 29.5. The van der Waals surface area contributed by atoms with Crippen molar-refractivity contribution in [3.63, 3.8) is 0 Å². The second kappa shape index (κ2) is 39.1. The number of carboxylic acid groups (broad SMARTS) is 1. The van der Waals surface area contributed by atoms with Crippen LogP contribution in [-0.2, 0) is 42.8 Å². The van der Waals surface area contributed by atoms with Gasteiger partial charge in [0.25, 0.3) is 5.79 Å². The number of aliphatic hydroxyl groups excluding tert-OH is 11. The molecular weight excluding hydrogens is 1040 g/mol. The first kappa shape index (κ1) is 70.7. The van der Waals surface area contributed by atoms with E-state index in [4.69, 9.17) is 28.4 Å². The topological polar surface area (TPSA) is 373 Å². The maximum absolute atomic E-state index is 13.3. The molecule has 18 atom stereocenters. The first-order chi connectivity index (χ1) is 37.9. The van der Waals surface area contributed by atoms with Gasteiger partial charge in [-0.3, -0.25) is 9.59 Å². The Morgan fingerprint density at radius 3 is 1.75 bits per heavy atom. The van der Waals surface area contributed by atoms with E-state index >= 15 is 0 Å². The van der Waals surface area contributed by atoms with Gasteiger partial charge in [0, 0.05) is 19.8 Å². The zero-order chi connectivity index (χ0) is 58.3. The molecule has 0 aromatic heterocycles. The molecule has 0 bridgehead atoms. The predicted octanol–water partition coefficient (Wildman–Crippen LogP) is 2.00. The Labute approximate surface area is 467 Å². The van der Waals surface area contributed by atoms with E-state index < -0.39 is 148 Å². The second-order valence-electron chi connectivity index (χ2n) is 21.9. The third-order valence-electron chi connectivity index (χ3n) is 15.2. The monoisotopic (exact) mass is 1140 g/mol. The molecule has 0 aromatic carbocycles. The molecule has 2 amide bonds. The molecular formula is C56H102N2O21. The molecule has 0 aromatic rings. The van der Waals surface area contributed by atoms with Crippen LogP contribution in [0.1, 0.15) is 188 Å². The molecule has 3 fully saturated rings. The van der Waals surface area contributed by atoms with Crippen molar-refractivity contribution in [2.45, 2.75) is 298 Å². The van der Waals surface area contributed by atoms with E-state index in [1.165, 1.54) is 70.6 Å². The maximum atomic E-state index is 13.3. The number of carbonyl (C=O) groups is 3. The summed E-state index contributed by atoms with van der Waals surface area (Å²) in [4.78, 5) is 38.3. The van der Waals surface area contributed by atoms with E-state index in [0.717, 1.165) is 71.1 Å². The number of unbranched alkanes of at least 4 members (excludes halogenated alkanes) is 20. The lowest BCUT2D eigenvalue weighted by Crippen LogP contribution is -2.70. The molecule has 462 valence electrons. The van der Waals surface area contributed by atoms with E-state index in [1.807, 2.05) is 0 Å². The van der Waals surface area contributed by atoms with Gasteiger partial charge in [0.15, 0.2) is 12.6 Å². The van der Waals surface area contributed by atoms with Gasteiger partial charge in [-0.25, -0.2) is 4.79 Å². The number of rotatable bonds is 42. The van der Waals surface area contributed by atoms with Gasteiger partial charge >= 0.3 is 5.97 Å². The Bertz CT molecular complexity index is 1680. The van der Waals surface area contributed by atoms with Crippen LogP contribution in [0.15, 0.2) is 12.2 Å². The standard InChI is InChI=1S/C56H102N2O21/c1-4-6-8-10-12-14-16-17-18-20-21-23-25-27-29-38(63)37(58-43(66)30-28-26-24-22-19-15-13-11-9-7-5-2)35-74-53-48(70)47(69)50(42(34-61)76-53)77-54-49(71)52(46(68)41(33-60)75-54)79-56(55(72)73)31-39(64)44(57-36(3)62)51(78-56)45(67)40(65)32-59/h11,13,37-42,44-54,59-61,63-65,67-71H,4-10,12,14-35H2,1-3H3,(H,57,62)(H,58,66)(H,72,73)/b13-11-. The average Bonchev–Trinajstić information content (AvgIpc) is 3.43. The first-order valence-corrected chi connectivity index (χ1v) is 29.5. The van der Waals surface area contributed by atoms with Crippen LogP contribution in [0.2, 0.25) is 0 Å². The average molecular weight is 1140 g/mol. The highest BCUT2D eigenvalue weighted by atomic mass is 16.8. The summed E-state index contributed by atoms with van der Waals surface area (Å²) in [6.45, 7) is 2.10. The van der Waals surface area contributed by atoms with E-state index in [9.17, 15) is 75.7 Å². The zero-order valence-electron chi connectivity index (χ0n) is 47.2. The molecule has 14 N–H and O–H groups in total. The van der Waals surface area contributed by atoms with Gasteiger partial charge in [-0.05, 0) is 32.1 Å². The van der Waals surface area contributed by atoms with Crippen molar-refractivity contribution < 1.29 is 104 Å². The van der Waals surface area contributed by atoms with Crippen LogP contribution < -0.4 is 10.6 Å². The SMILES string of the molecule is CCCC/C=C\CCCCCCCC(=O)NC(COC1OC(CO)C(OC2OC(CO)C(O)C(OC3(C(=O)O)CC(O)C(NC(C)=O)C(C(O)C(O)CO)O3)C2O)C(O)C1O)C(O)CCCCCCCCCCCCCCCC. The summed E-state index contributed by atoms with van der Waals surface area (Å²) in [5, 5.41) is 135. The number of allylic oxidation sites excluding steroid dienone is 2. The summed E-state index contributed by atoms with van der Waals surface area (Å²) in [6.07, 6.45) is 1.12. The molecule has 23 nitrogen and oxygen atoms in total. The summed E-state index contributed by atoms with van der Waals surface area (Å²) in [7, 11) is 0. The van der Waals surface area contributed by atoms with Gasteiger partial charge in [-0.2, -0.15) is 0 Å². The highest BCUT2D eigenvalue weighted by Gasteiger charge is 2.60. The van der Waals surface area contributed by atoms with E-state index in [2.05, 4.69) is 36.6 Å². The lowest BCUT2D eigenvalue weighted by Gasteiger charge is -2.50. The van der Waals surface area contributed by atoms with Gasteiger partial charge in [-0.1, -0.05) is 148 Å². The Kier molecular flexibility index (Phi) is 35.0. The quantitative estimate of drug-likeness (QED) is 0.0307. The van der Waals surface area contributed by atoms with E-state index in [1.54, 1.807) is 0 Å². The minimum absolute atomic E-state index is 0.213. The number of aliphatic hydroxyl groups is 11. The van der Waals surface area contributed by atoms with Crippen molar-refractivity contribution >= 4 is 17.8 Å². The summed E-state index contributed by atoms with van der Waals surface area (Å²) >= 11 is 0. The third kappa shape index (κ3) is 23.9. The van der Waals surface area contributed by atoms with Crippen LogP contribution in [-0.4, -0.2) is 215 Å². The fourth-order valence-corrected chi connectivity index (χ4v) is 10.4. The van der Waals surface area contributed by atoms with E-state index in [-0.39, 0.29) is 18.9 Å². The summed E-state index contributed by atoms with van der Waals surface area (Å²) in [5.74, 6) is -6.11. The van der Waals surface area contributed by atoms with Crippen LogP contribution >= 0.6 is 0 Å². The zero-order valence-corrected chi connectivity index (χ0v) is 47.2. The Morgan fingerprint density at radius 2 is 1.19 bits per heavy atom. The highest BCUT2D eigenvalue weighted by molar-refractivity contribution is 5.77. The van der Waals surface area contributed by atoms with Crippen LogP contribution in [0.25, 0.3) is 0 Å². The molecule has 0 aliphatic carbocycles. The Balaban J connectivity index is 1.68. The van der Waals surface area contributed by atoms with Crippen LogP contribution in [0.5, 0.6) is 0 Å². The Hall–Kier alpha value is -2.53. The smallest absolute Gasteiger partial charge is 0.364 e. The molecule has 23 heteroatoms. The van der Waals surface area contributed by atoms with Gasteiger partial charge < -0.3 is 100 Å². The molecule has 3 aliphatic heterocycles. The number of hydrogen-bond acceptors (Lipinski definition) is 20. The second-order valence-corrected chi connectivity index (χ2v) is 21.9. The van der Waals surface area contributed by atoms with Crippen molar-refractivity contribution in [1.29, 1.82) is 0 Å². The molecule has 79 heavy (non-hydrogen) atoms. The minimum Gasteiger partial charge on any atom is -0.477 e. The lowest BCUT2D eigenvalue weighted by molar-refractivity contribution is -0.386.